The molecule has 366 valence electrons. The van der Waals surface area contributed by atoms with Gasteiger partial charge < -0.3 is 35.5 Å². The normalized spacial score (nSPS) is 16.1. The molecule has 1 aliphatic rings. The minimum Gasteiger partial charge on any atom is -0.460 e. The molecule has 4 atom stereocenters. The molecule has 0 spiro atoms. The number of primary amides is 1. The Kier molecular flexibility index (Phi) is 18.9. The lowest BCUT2D eigenvalue weighted by molar-refractivity contribution is -0.157. The number of hydrogen-bond acceptors (Lipinski definition) is 9. The molecule has 3 aromatic carbocycles. The highest BCUT2D eigenvalue weighted by molar-refractivity contribution is 7.53. The van der Waals surface area contributed by atoms with E-state index in [9.17, 15) is 28.5 Å². The molecule has 0 heterocycles. The lowest BCUT2D eigenvalue weighted by atomic mass is 9.78. The van der Waals surface area contributed by atoms with Crippen molar-refractivity contribution in [3.8, 4) is 0 Å². The molecule has 14 heteroatoms. The number of rotatable bonds is 22. The Morgan fingerprint density at radius 2 is 1.40 bits per heavy atom. The molecule has 0 saturated heterocycles. The average molecular weight is 943 g/mol. The predicted octanol–water partition coefficient (Wildman–Crippen LogP) is 9.51. The number of carbonyl (C=O) groups is 5. The molecule has 0 radical (unpaired) electrons. The Morgan fingerprint density at radius 1 is 0.791 bits per heavy atom. The molecule has 4 amide bonds. The van der Waals surface area contributed by atoms with Gasteiger partial charge >= 0.3 is 13.6 Å². The van der Waals surface area contributed by atoms with Crippen LogP contribution < -0.4 is 21.7 Å². The van der Waals surface area contributed by atoms with Gasteiger partial charge in [0.1, 0.15) is 17.2 Å². The minimum atomic E-state index is -3.64. The molecule has 0 aliphatic heterocycles. The third kappa shape index (κ3) is 17.2. The zero-order chi connectivity index (χ0) is 49.8. The second-order valence-electron chi connectivity index (χ2n) is 20.9. The van der Waals surface area contributed by atoms with Crippen molar-refractivity contribution in [2.45, 2.75) is 161 Å². The Hall–Kier alpha value is -5.10. The van der Waals surface area contributed by atoms with E-state index in [1.807, 2.05) is 59.7 Å². The van der Waals surface area contributed by atoms with Gasteiger partial charge in [0.25, 0.3) is 0 Å². The van der Waals surface area contributed by atoms with E-state index in [1.165, 1.54) is 0 Å². The van der Waals surface area contributed by atoms with Crippen molar-refractivity contribution >= 4 is 48.0 Å². The summed E-state index contributed by atoms with van der Waals surface area (Å²) in [4.78, 5) is 69.2. The molecule has 3 aromatic rings. The van der Waals surface area contributed by atoms with Gasteiger partial charge in [-0.1, -0.05) is 98.1 Å². The van der Waals surface area contributed by atoms with Gasteiger partial charge in [0.15, 0.2) is 0 Å². The SMILES string of the molecule is C=CC[C@H](CNC(=O)[C@H](CC(N)=O)NC(=O)C1(NC(=O)[C@@H](CC(=O)OC(C)(C)C)[C@H](C=C)c2ccc(CP(=O)(OC(C)(C)C)OC(C)(C)C)cc2)CCCCC1)Cc1cccc2ccccc12. The fourth-order valence-corrected chi connectivity index (χ4v) is 11.2. The van der Waals surface area contributed by atoms with Crippen LogP contribution in [0.3, 0.4) is 0 Å². The van der Waals surface area contributed by atoms with Gasteiger partial charge in [-0.3, -0.25) is 28.5 Å². The Labute approximate surface area is 398 Å². The third-order valence-corrected chi connectivity index (χ3v) is 13.8. The number of nitrogens with one attached hydrogen (secondary N) is 3. The van der Waals surface area contributed by atoms with Crippen molar-refractivity contribution in [2.24, 2.45) is 17.6 Å². The van der Waals surface area contributed by atoms with Crippen LogP contribution in [0.4, 0.5) is 0 Å². The molecule has 1 saturated carbocycles. The summed E-state index contributed by atoms with van der Waals surface area (Å²) in [6.07, 6.45) is 6.34. The van der Waals surface area contributed by atoms with Gasteiger partial charge in [-0.2, -0.15) is 0 Å². The van der Waals surface area contributed by atoms with Crippen molar-refractivity contribution in [1.82, 2.24) is 16.0 Å². The number of nitrogens with two attached hydrogens (primary N) is 1. The maximum atomic E-state index is 14.8. The molecule has 67 heavy (non-hydrogen) atoms. The van der Waals surface area contributed by atoms with E-state index >= 15 is 0 Å². The number of fused-ring (bicyclic) bond motifs is 1. The second kappa shape index (κ2) is 23.3. The van der Waals surface area contributed by atoms with Crippen molar-refractivity contribution in [2.75, 3.05) is 6.54 Å². The third-order valence-electron chi connectivity index (χ3n) is 11.4. The maximum absolute atomic E-state index is 14.8. The van der Waals surface area contributed by atoms with E-state index in [1.54, 1.807) is 57.2 Å². The lowest BCUT2D eigenvalue weighted by Gasteiger charge is -2.39. The summed E-state index contributed by atoms with van der Waals surface area (Å²) >= 11 is 0. The maximum Gasteiger partial charge on any atom is 0.336 e. The topological polar surface area (TPSA) is 192 Å². The molecular weight excluding hydrogens is 868 g/mol. The predicted molar refractivity (Wildman–Crippen MR) is 265 cm³/mol. The van der Waals surface area contributed by atoms with E-state index in [-0.39, 0.29) is 37.9 Å². The van der Waals surface area contributed by atoms with Crippen molar-refractivity contribution < 1.29 is 42.3 Å². The first-order valence-corrected chi connectivity index (χ1v) is 25.2. The lowest BCUT2D eigenvalue weighted by Crippen LogP contribution is -2.64. The van der Waals surface area contributed by atoms with Crippen LogP contribution in [0.2, 0.25) is 0 Å². The van der Waals surface area contributed by atoms with Gasteiger partial charge in [-0.05, 0) is 121 Å². The van der Waals surface area contributed by atoms with E-state index in [2.05, 4.69) is 53.4 Å². The van der Waals surface area contributed by atoms with Crippen molar-refractivity contribution in [1.29, 1.82) is 0 Å². The van der Waals surface area contributed by atoms with E-state index in [0.717, 1.165) is 22.8 Å². The van der Waals surface area contributed by atoms with Crippen LogP contribution in [0.25, 0.3) is 10.8 Å². The first-order valence-electron chi connectivity index (χ1n) is 23.4. The number of esters is 1. The molecule has 13 nitrogen and oxygen atoms in total. The first kappa shape index (κ1) is 54.5. The molecule has 4 rings (SSSR count). The number of ether oxygens (including phenoxy) is 1. The number of hydrogen-bond donors (Lipinski definition) is 4. The second-order valence-corrected chi connectivity index (χ2v) is 22.8. The van der Waals surface area contributed by atoms with Gasteiger partial charge in [0, 0.05) is 12.5 Å². The van der Waals surface area contributed by atoms with E-state index in [4.69, 9.17) is 19.5 Å². The molecule has 1 aliphatic carbocycles. The van der Waals surface area contributed by atoms with Crippen molar-refractivity contribution in [3.05, 3.63) is 109 Å². The van der Waals surface area contributed by atoms with Crippen LogP contribution >= 0.6 is 7.60 Å². The summed E-state index contributed by atoms with van der Waals surface area (Å²) in [6.45, 7) is 24.3. The van der Waals surface area contributed by atoms with E-state index < -0.39 is 83.8 Å². The van der Waals surface area contributed by atoms with Crippen LogP contribution in [0.5, 0.6) is 0 Å². The zero-order valence-electron chi connectivity index (χ0n) is 41.2. The number of benzene rings is 3. The molecule has 0 aromatic heterocycles. The van der Waals surface area contributed by atoms with Crippen LogP contribution in [0, 0.1) is 11.8 Å². The number of carbonyl (C=O) groups excluding carboxylic acids is 5. The summed E-state index contributed by atoms with van der Waals surface area (Å²) in [7, 11) is -3.64. The summed E-state index contributed by atoms with van der Waals surface area (Å²) in [5.74, 6) is -5.07. The van der Waals surface area contributed by atoms with Crippen LogP contribution in [-0.4, -0.2) is 64.5 Å². The monoisotopic (exact) mass is 943 g/mol. The molecule has 0 bridgehead atoms. The van der Waals surface area contributed by atoms with Gasteiger partial charge in [0.2, 0.25) is 23.6 Å². The Bertz CT molecular complexity index is 2240. The number of amides is 4. The largest absolute Gasteiger partial charge is 0.460 e. The van der Waals surface area contributed by atoms with Crippen LogP contribution in [0.15, 0.2) is 92.0 Å². The fourth-order valence-electron chi connectivity index (χ4n) is 8.69. The first-order chi connectivity index (χ1) is 31.2. The Morgan fingerprint density at radius 3 is 1.97 bits per heavy atom. The average Bonchev–Trinajstić information content (AvgIpc) is 3.21. The highest BCUT2D eigenvalue weighted by Gasteiger charge is 2.45. The molecular formula is C53H75N4O9P. The highest BCUT2D eigenvalue weighted by Crippen LogP contribution is 2.57. The van der Waals surface area contributed by atoms with Gasteiger partial charge in [-0.15, -0.1) is 13.2 Å². The van der Waals surface area contributed by atoms with Crippen molar-refractivity contribution in [3.63, 3.8) is 0 Å². The summed E-state index contributed by atoms with van der Waals surface area (Å²) in [6, 6.07) is 20.0. The minimum absolute atomic E-state index is 0.00465. The molecule has 5 N–H and O–H groups in total. The van der Waals surface area contributed by atoms with E-state index in [0.29, 0.717) is 36.8 Å². The zero-order valence-corrected chi connectivity index (χ0v) is 42.1. The quantitative estimate of drug-likeness (QED) is 0.0432. The number of allylic oxidation sites excluding steroid dienone is 2. The molecule has 1 fully saturated rings. The smallest absolute Gasteiger partial charge is 0.336 e. The molecule has 0 unspecified atom stereocenters. The Balaban J connectivity index is 1.60. The van der Waals surface area contributed by atoms with Crippen LogP contribution in [-0.2, 0) is 54.9 Å². The standard InChI is InChI=1S/C53H75N4O9P/c1-12-20-37(31-40-23-19-22-38-21-15-16-24-42(38)40)34-55-48(61)44(33-45(54)58)56-49(62)53(29-17-14-18-30-53)57-47(60)43(32-46(59)64-50(3,4)5)41(13-2)39-27-25-36(26-28-39)35-67(63,65-51(6,7)8)66-52(9,10)11/h12-13,15-16,19,21-28,37,41,43-44H,1-2,14,17-18,20,29-35H2,3-11H3,(H2,54,58)(H,55,61)(H,56,62)(H,57,60)/t37-,41+,43-,44-/m0/s1. The summed E-state index contributed by atoms with van der Waals surface area (Å²) in [5, 5.41) is 11.0. The fraction of sp³-hybridized carbons (Fsp3) is 0.528. The highest BCUT2D eigenvalue weighted by atomic mass is 31.2. The van der Waals surface area contributed by atoms with Gasteiger partial charge in [0.05, 0.1) is 36.1 Å². The summed E-state index contributed by atoms with van der Waals surface area (Å²) < 4.78 is 31.8. The van der Waals surface area contributed by atoms with Gasteiger partial charge in [-0.25, -0.2) is 0 Å². The summed E-state index contributed by atoms with van der Waals surface area (Å²) in [5.41, 5.74) is 4.27. The van der Waals surface area contributed by atoms with Crippen LogP contribution in [0.1, 0.15) is 136 Å².